The van der Waals surface area contributed by atoms with E-state index < -0.39 is 10.8 Å². The molecule has 0 unspecified atom stereocenters. The Bertz CT molecular complexity index is 100. The number of rotatable bonds is 2. The van der Waals surface area contributed by atoms with Crippen LogP contribution in [-0.4, -0.2) is 16.7 Å². The minimum absolute atomic E-state index is 0.142. The van der Waals surface area contributed by atoms with Gasteiger partial charge in [-0.25, -0.2) is 0 Å². The van der Waals surface area contributed by atoms with Gasteiger partial charge in [-0.05, 0) is 6.92 Å². The fourth-order valence-electron chi connectivity index (χ4n) is 0.0546. The van der Waals surface area contributed by atoms with E-state index >= 15 is 0 Å². The van der Waals surface area contributed by atoms with Crippen molar-refractivity contribution >= 4 is 29.2 Å². The van der Waals surface area contributed by atoms with Crippen LogP contribution in [0.3, 0.4) is 0 Å². The molecule has 8 heavy (non-hydrogen) atoms. The van der Waals surface area contributed by atoms with Gasteiger partial charge in [-0.3, -0.25) is 0 Å². The lowest BCUT2D eigenvalue weighted by Gasteiger charge is -2.18. The summed E-state index contributed by atoms with van der Waals surface area (Å²) >= 11 is 10.4. The van der Waals surface area contributed by atoms with Gasteiger partial charge in [0, 0.05) is 5.88 Å². The predicted octanol–water partition coefficient (Wildman–Crippen LogP) is -0.0274. The fraction of sp³-hybridized carbons (Fsp3) is 0.750. The van der Waals surface area contributed by atoms with Gasteiger partial charge >= 0.3 is 0 Å². The third-order valence-corrected chi connectivity index (χ3v) is 1.64. The normalized spacial score (nSPS) is 17.4. The molecule has 0 aliphatic rings. The first kappa shape index (κ1) is 8.05. The highest BCUT2D eigenvalue weighted by Crippen LogP contribution is 2.13. The van der Waals surface area contributed by atoms with Crippen molar-refractivity contribution in [2.45, 2.75) is 11.8 Å². The number of halogens is 2. The van der Waals surface area contributed by atoms with Gasteiger partial charge in [0.25, 0.3) is 0 Å². The molecule has 0 aliphatic carbocycles. The third kappa shape index (κ3) is 1.88. The van der Waals surface area contributed by atoms with Gasteiger partial charge in [0.1, 0.15) is 0 Å². The Hall–Kier alpha value is 0.0500. The van der Waals surface area contributed by atoms with Crippen molar-refractivity contribution in [3.63, 3.8) is 0 Å². The quantitative estimate of drug-likeness (QED) is 0.526. The van der Waals surface area contributed by atoms with Crippen LogP contribution in [0.5, 0.6) is 0 Å². The monoisotopic (exact) mass is 155 g/mol. The summed E-state index contributed by atoms with van der Waals surface area (Å²) in [5.41, 5.74) is 0. The van der Waals surface area contributed by atoms with E-state index in [9.17, 15) is 9.90 Å². The Labute approximate surface area is 57.4 Å². The maximum atomic E-state index is 9.92. The lowest BCUT2D eigenvalue weighted by Crippen LogP contribution is -2.42. The summed E-state index contributed by atoms with van der Waals surface area (Å²) in [5, 5.41) is 9.92. The van der Waals surface area contributed by atoms with Gasteiger partial charge in [0.15, 0.2) is 0 Å². The van der Waals surface area contributed by atoms with E-state index in [4.69, 9.17) is 23.2 Å². The molecule has 0 aromatic carbocycles. The number of aliphatic carboxylic acids is 1. The molecule has 0 aromatic heterocycles. The Morgan fingerprint density at radius 1 is 1.88 bits per heavy atom. The largest absolute Gasteiger partial charge is 0.548 e. The molecule has 0 aromatic rings. The molecule has 0 amide bonds. The van der Waals surface area contributed by atoms with Gasteiger partial charge < -0.3 is 9.90 Å². The summed E-state index contributed by atoms with van der Waals surface area (Å²) in [7, 11) is 0. The molecular formula is C4H5Cl2O2-. The highest BCUT2D eigenvalue weighted by atomic mass is 35.5. The number of carboxylic acid groups (broad SMARTS) is 1. The zero-order valence-electron chi connectivity index (χ0n) is 4.28. The lowest BCUT2D eigenvalue weighted by atomic mass is 10.2. The average Bonchev–Trinajstić information content (AvgIpc) is 1.67. The van der Waals surface area contributed by atoms with E-state index in [2.05, 4.69) is 0 Å². The smallest absolute Gasteiger partial charge is 0.0945 e. The first-order valence-electron chi connectivity index (χ1n) is 1.97. The van der Waals surface area contributed by atoms with Crippen LogP contribution >= 0.6 is 23.2 Å². The molecule has 0 saturated carbocycles. The summed E-state index contributed by atoms with van der Waals surface area (Å²) in [6, 6.07) is 0. The second-order valence-electron chi connectivity index (χ2n) is 1.62. The van der Waals surface area contributed by atoms with E-state index in [0.29, 0.717) is 0 Å². The first-order chi connectivity index (χ1) is 3.50. The molecule has 0 rings (SSSR count). The fourth-order valence-corrected chi connectivity index (χ4v) is 0.164. The van der Waals surface area contributed by atoms with Crippen LogP contribution in [0.15, 0.2) is 0 Å². The van der Waals surface area contributed by atoms with E-state index in [0.717, 1.165) is 0 Å². The average molecular weight is 156 g/mol. The van der Waals surface area contributed by atoms with Crippen molar-refractivity contribution in [3.8, 4) is 0 Å². The Kier molecular flexibility index (Phi) is 2.57. The molecule has 0 bridgehead atoms. The highest BCUT2D eigenvalue weighted by Gasteiger charge is 2.20. The van der Waals surface area contributed by atoms with Crippen molar-refractivity contribution in [3.05, 3.63) is 0 Å². The van der Waals surface area contributed by atoms with E-state index in [-0.39, 0.29) is 5.88 Å². The van der Waals surface area contributed by atoms with Crippen LogP contribution in [0.25, 0.3) is 0 Å². The van der Waals surface area contributed by atoms with E-state index in [1.54, 1.807) is 0 Å². The molecule has 2 nitrogen and oxygen atoms in total. The Morgan fingerprint density at radius 2 is 2.25 bits per heavy atom. The molecule has 0 radical (unpaired) electrons. The molecule has 48 valence electrons. The van der Waals surface area contributed by atoms with Crippen LogP contribution in [0.4, 0.5) is 0 Å². The number of carbonyl (C=O) groups is 1. The molecule has 0 aliphatic heterocycles. The van der Waals surface area contributed by atoms with Crippen molar-refractivity contribution < 1.29 is 9.90 Å². The van der Waals surface area contributed by atoms with Gasteiger partial charge in [-0.1, -0.05) is 0 Å². The Balaban J connectivity index is 3.91. The van der Waals surface area contributed by atoms with Gasteiger partial charge in [0.2, 0.25) is 0 Å². The van der Waals surface area contributed by atoms with Gasteiger partial charge in [-0.15, -0.1) is 23.2 Å². The summed E-state index contributed by atoms with van der Waals surface area (Å²) in [5.74, 6) is -1.48. The summed E-state index contributed by atoms with van der Waals surface area (Å²) < 4.78 is 0. The molecule has 0 fully saturated rings. The molecule has 1 atom stereocenters. The van der Waals surface area contributed by atoms with Crippen molar-refractivity contribution in [2.75, 3.05) is 5.88 Å². The van der Waals surface area contributed by atoms with Crippen LogP contribution in [-0.2, 0) is 4.79 Å². The third-order valence-electron chi connectivity index (χ3n) is 0.677. The predicted molar refractivity (Wildman–Crippen MR) is 30.0 cm³/mol. The number of hydrogen-bond donors (Lipinski definition) is 0. The SMILES string of the molecule is C[C@@](Cl)(CCl)C(=O)[O-]. The van der Waals surface area contributed by atoms with E-state index in [1.165, 1.54) is 6.92 Å². The van der Waals surface area contributed by atoms with Crippen LogP contribution in [0, 0.1) is 0 Å². The van der Waals surface area contributed by atoms with Crippen LogP contribution < -0.4 is 5.11 Å². The maximum absolute atomic E-state index is 9.92. The Morgan fingerprint density at radius 3 is 2.25 bits per heavy atom. The van der Waals surface area contributed by atoms with E-state index in [1.807, 2.05) is 0 Å². The van der Waals surface area contributed by atoms with Crippen molar-refractivity contribution in [1.29, 1.82) is 0 Å². The number of hydrogen-bond acceptors (Lipinski definition) is 2. The van der Waals surface area contributed by atoms with Crippen molar-refractivity contribution in [2.24, 2.45) is 0 Å². The van der Waals surface area contributed by atoms with Crippen LogP contribution in [0.1, 0.15) is 6.92 Å². The molecule has 0 saturated heterocycles. The van der Waals surface area contributed by atoms with Gasteiger partial charge in [0.05, 0.1) is 10.8 Å². The number of carboxylic acids is 1. The maximum Gasteiger partial charge on any atom is 0.0945 e. The minimum atomic E-state index is -1.42. The zero-order chi connectivity index (χ0) is 6.78. The first-order valence-corrected chi connectivity index (χ1v) is 2.88. The molecular weight excluding hydrogens is 151 g/mol. The molecule has 0 N–H and O–H groups in total. The topological polar surface area (TPSA) is 40.1 Å². The van der Waals surface area contributed by atoms with Gasteiger partial charge in [-0.2, -0.15) is 0 Å². The summed E-state index contributed by atoms with van der Waals surface area (Å²) in [4.78, 5) is 8.51. The second-order valence-corrected chi connectivity index (χ2v) is 2.72. The number of carbonyl (C=O) groups excluding carboxylic acids is 1. The summed E-state index contributed by atoms with van der Waals surface area (Å²) in [6.07, 6.45) is 0. The minimum Gasteiger partial charge on any atom is -0.548 e. The lowest BCUT2D eigenvalue weighted by molar-refractivity contribution is -0.308. The van der Waals surface area contributed by atoms with Crippen molar-refractivity contribution in [1.82, 2.24) is 0 Å². The zero-order valence-corrected chi connectivity index (χ0v) is 5.79. The standard InChI is InChI=1S/C4H6Cl2O2/c1-4(6,2-5)3(7)8/h2H2,1H3,(H,7,8)/p-1/t4-/m1/s1. The summed E-state index contributed by atoms with van der Waals surface area (Å²) in [6.45, 7) is 1.29. The second kappa shape index (κ2) is 2.55. The molecule has 4 heteroatoms. The molecule has 0 spiro atoms. The highest BCUT2D eigenvalue weighted by molar-refractivity contribution is 6.38. The van der Waals surface area contributed by atoms with Crippen LogP contribution in [0.2, 0.25) is 0 Å². The molecule has 0 heterocycles. The number of alkyl halides is 2.